The fraction of sp³-hybridized carbons (Fsp3) is 0.462. The number of nitrogens with zero attached hydrogens (tertiary/aromatic N) is 1. The van der Waals surface area contributed by atoms with Gasteiger partial charge in [0.2, 0.25) is 0 Å². The van der Waals surface area contributed by atoms with Crippen LogP contribution in [-0.2, 0) is 4.79 Å². The van der Waals surface area contributed by atoms with Crippen molar-refractivity contribution in [3.8, 4) is 0 Å². The van der Waals surface area contributed by atoms with Gasteiger partial charge in [-0.05, 0) is 34.8 Å². The molecule has 20 heavy (non-hydrogen) atoms. The molecule has 0 amide bonds. The minimum atomic E-state index is -0.836. The van der Waals surface area contributed by atoms with Crippen molar-refractivity contribution < 1.29 is 14.8 Å². The van der Waals surface area contributed by atoms with E-state index in [9.17, 15) is 14.9 Å². The molecule has 1 fully saturated rings. The van der Waals surface area contributed by atoms with Gasteiger partial charge in [0.05, 0.1) is 11.3 Å². The number of hydrogen-bond donors (Lipinski definition) is 2. The molecule has 1 aromatic carbocycles. The minimum Gasteiger partial charge on any atom is -0.481 e. The maximum atomic E-state index is 11.0. The maximum absolute atomic E-state index is 11.0. The second-order valence-corrected chi connectivity index (χ2v) is 5.96. The summed E-state index contributed by atoms with van der Waals surface area (Å²) in [5.74, 6) is -0.836. The van der Waals surface area contributed by atoms with E-state index >= 15 is 0 Å². The smallest absolute Gasteiger partial charge is 0.305 e. The first-order valence-corrected chi connectivity index (χ1v) is 7.15. The lowest BCUT2D eigenvalue weighted by atomic mass is 9.93. The van der Waals surface area contributed by atoms with Crippen LogP contribution in [0.3, 0.4) is 0 Å². The molecule has 1 saturated carbocycles. The lowest BCUT2D eigenvalue weighted by Crippen LogP contribution is -2.37. The van der Waals surface area contributed by atoms with Gasteiger partial charge in [0.25, 0.3) is 5.69 Å². The van der Waals surface area contributed by atoms with E-state index in [-0.39, 0.29) is 12.1 Å². The van der Waals surface area contributed by atoms with E-state index in [0.29, 0.717) is 10.2 Å². The number of carbonyl (C=O) groups is 1. The third-order valence-electron chi connectivity index (χ3n) is 3.61. The quantitative estimate of drug-likeness (QED) is 0.630. The molecule has 0 unspecified atom stereocenters. The Morgan fingerprint density at radius 1 is 1.45 bits per heavy atom. The van der Waals surface area contributed by atoms with Crippen molar-refractivity contribution >= 4 is 33.3 Å². The van der Waals surface area contributed by atoms with Crippen LogP contribution in [0.1, 0.15) is 32.1 Å². The van der Waals surface area contributed by atoms with E-state index in [1.807, 2.05) is 0 Å². The van der Waals surface area contributed by atoms with Crippen LogP contribution in [0.2, 0.25) is 0 Å². The summed E-state index contributed by atoms with van der Waals surface area (Å²) in [5.41, 5.74) is 0.240. The number of benzene rings is 1. The van der Waals surface area contributed by atoms with E-state index in [0.717, 1.165) is 25.7 Å². The van der Waals surface area contributed by atoms with Crippen molar-refractivity contribution in [3.63, 3.8) is 0 Å². The van der Waals surface area contributed by atoms with E-state index in [4.69, 9.17) is 5.11 Å². The van der Waals surface area contributed by atoms with Crippen molar-refractivity contribution in [2.24, 2.45) is 0 Å². The average molecular weight is 343 g/mol. The minimum absolute atomic E-state index is 0.00105. The predicted octanol–water partition coefficient (Wildman–Crippen LogP) is 3.56. The number of carboxylic acid groups (broad SMARTS) is 1. The van der Waals surface area contributed by atoms with Crippen molar-refractivity contribution in [2.45, 2.75) is 37.6 Å². The first-order chi connectivity index (χ1) is 9.42. The third kappa shape index (κ3) is 3.27. The average Bonchev–Trinajstić information content (AvgIpc) is 2.79. The van der Waals surface area contributed by atoms with Gasteiger partial charge in [-0.3, -0.25) is 14.9 Å². The zero-order valence-corrected chi connectivity index (χ0v) is 12.4. The van der Waals surface area contributed by atoms with Crippen molar-refractivity contribution in [2.75, 3.05) is 5.32 Å². The van der Waals surface area contributed by atoms with E-state index in [1.54, 1.807) is 6.07 Å². The Hall–Kier alpha value is -1.63. The Morgan fingerprint density at radius 2 is 2.10 bits per heavy atom. The molecule has 0 aromatic heterocycles. The van der Waals surface area contributed by atoms with E-state index < -0.39 is 16.4 Å². The summed E-state index contributed by atoms with van der Waals surface area (Å²) in [6.07, 6.45) is 3.62. The van der Waals surface area contributed by atoms with Crippen LogP contribution in [0.4, 0.5) is 11.4 Å². The van der Waals surface area contributed by atoms with Gasteiger partial charge in [-0.2, -0.15) is 0 Å². The molecule has 2 rings (SSSR count). The SMILES string of the molecule is O=C(O)CC1(Nc2ccc([N+](=O)[O-])cc2Br)CCCC1. The molecule has 1 aromatic rings. The van der Waals surface area contributed by atoms with Gasteiger partial charge in [-0.25, -0.2) is 0 Å². The van der Waals surface area contributed by atoms with Crippen molar-refractivity contribution in [3.05, 3.63) is 32.8 Å². The molecule has 0 atom stereocenters. The highest BCUT2D eigenvalue weighted by molar-refractivity contribution is 9.10. The number of nitrogens with one attached hydrogen (secondary N) is 1. The maximum Gasteiger partial charge on any atom is 0.305 e. The molecular weight excluding hydrogens is 328 g/mol. The second kappa shape index (κ2) is 5.78. The predicted molar refractivity (Wildman–Crippen MR) is 77.9 cm³/mol. The third-order valence-corrected chi connectivity index (χ3v) is 4.27. The van der Waals surface area contributed by atoms with Gasteiger partial charge < -0.3 is 10.4 Å². The van der Waals surface area contributed by atoms with Crippen LogP contribution in [0.25, 0.3) is 0 Å². The summed E-state index contributed by atoms with van der Waals surface area (Å²) in [6, 6.07) is 4.45. The fourth-order valence-electron chi connectivity index (χ4n) is 2.69. The Balaban J connectivity index is 2.23. The van der Waals surface area contributed by atoms with Gasteiger partial charge in [-0.15, -0.1) is 0 Å². The number of nitro groups is 1. The molecule has 0 aliphatic heterocycles. The molecule has 1 aliphatic carbocycles. The van der Waals surface area contributed by atoms with Crippen LogP contribution in [0.15, 0.2) is 22.7 Å². The highest BCUT2D eigenvalue weighted by Gasteiger charge is 2.36. The van der Waals surface area contributed by atoms with E-state index in [1.165, 1.54) is 12.1 Å². The Kier molecular flexibility index (Phi) is 4.27. The van der Waals surface area contributed by atoms with Gasteiger partial charge in [-0.1, -0.05) is 12.8 Å². The first kappa shape index (κ1) is 14.8. The summed E-state index contributed by atoms with van der Waals surface area (Å²) in [6.45, 7) is 0. The topological polar surface area (TPSA) is 92.5 Å². The molecule has 0 spiro atoms. The molecule has 7 heteroatoms. The Morgan fingerprint density at radius 3 is 2.60 bits per heavy atom. The number of hydrogen-bond acceptors (Lipinski definition) is 4. The molecule has 0 radical (unpaired) electrons. The summed E-state index contributed by atoms with van der Waals surface area (Å²) in [7, 11) is 0. The monoisotopic (exact) mass is 342 g/mol. The number of rotatable bonds is 5. The first-order valence-electron chi connectivity index (χ1n) is 6.36. The van der Waals surface area contributed by atoms with Crippen LogP contribution in [-0.4, -0.2) is 21.5 Å². The Bertz CT molecular complexity index is 541. The highest BCUT2D eigenvalue weighted by Crippen LogP contribution is 2.38. The van der Waals surface area contributed by atoms with Gasteiger partial charge in [0.1, 0.15) is 0 Å². The number of carboxylic acids is 1. The zero-order chi connectivity index (χ0) is 14.8. The largest absolute Gasteiger partial charge is 0.481 e. The number of nitro benzene ring substituents is 1. The van der Waals surface area contributed by atoms with Crippen LogP contribution >= 0.6 is 15.9 Å². The van der Waals surface area contributed by atoms with Gasteiger partial charge >= 0.3 is 5.97 Å². The van der Waals surface area contributed by atoms with E-state index in [2.05, 4.69) is 21.2 Å². The second-order valence-electron chi connectivity index (χ2n) is 5.10. The molecule has 1 aliphatic rings. The number of anilines is 1. The van der Waals surface area contributed by atoms with Crippen LogP contribution in [0, 0.1) is 10.1 Å². The summed E-state index contributed by atoms with van der Waals surface area (Å²) in [5, 5.41) is 23.0. The lowest BCUT2D eigenvalue weighted by molar-refractivity contribution is -0.384. The van der Waals surface area contributed by atoms with Crippen molar-refractivity contribution in [1.82, 2.24) is 0 Å². The van der Waals surface area contributed by atoms with Gasteiger partial charge in [0, 0.05) is 27.8 Å². The zero-order valence-electron chi connectivity index (χ0n) is 10.8. The number of non-ortho nitro benzene ring substituents is 1. The van der Waals surface area contributed by atoms with Crippen LogP contribution < -0.4 is 5.32 Å². The highest BCUT2D eigenvalue weighted by atomic mass is 79.9. The Labute approximate surface area is 124 Å². The number of halogens is 1. The van der Waals surface area contributed by atoms with Crippen molar-refractivity contribution in [1.29, 1.82) is 0 Å². The number of aliphatic carboxylic acids is 1. The fourth-order valence-corrected chi connectivity index (χ4v) is 3.16. The molecule has 108 valence electrons. The molecule has 0 heterocycles. The molecular formula is C13H15BrN2O4. The summed E-state index contributed by atoms with van der Waals surface area (Å²) < 4.78 is 0.573. The standard InChI is InChI=1S/C13H15BrN2O4/c14-10-7-9(16(19)20)3-4-11(10)15-13(8-12(17)18)5-1-2-6-13/h3-4,7,15H,1-2,5-6,8H2,(H,17,18). The normalized spacial score (nSPS) is 16.9. The molecule has 0 bridgehead atoms. The van der Waals surface area contributed by atoms with Gasteiger partial charge in [0.15, 0.2) is 0 Å². The summed E-state index contributed by atoms with van der Waals surface area (Å²) in [4.78, 5) is 21.3. The molecule has 2 N–H and O–H groups in total. The van der Waals surface area contributed by atoms with Crippen LogP contribution in [0.5, 0.6) is 0 Å². The summed E-state index contributed by atoms with van der Waals surface area (Å²) >= 11 is 3.30. The molecule has 0 saturated heterocycles. The molecule has 6 nitrogen and oxygen atoms in total. The lowest BCUT2D eigenvalue weighted by Gasteiger charge is -2.30.